The first kappa shape index (κ1) is 30.6. The van der Waals surface area contributed by atoms with Gasteiger partial charge in [0.15, 0.2) is 5.15 Å². The molecule has 5 rings (SSSR count). The standard InChI is InChI=1S/C28H40ClN7O5S/c1-41-27(37)31-22-5-3-20(4-6-22)24-25(29)33-26(32-24)23-15-21(19-9-13-35(14-10-19)42(2,39)40)17-36(23)28(38)34-11-7-18(16-30)8-12-34/h3-6,18-19,21,23H,7-17,30H2,1-2H3,(H,31,37)(H,32,33)/t21-,23-/m0/s1. The number of nitrogens with one attached hydrogen (secondary N) is 2. The smallest absolute Gasteiger partial charge is 0.411 e. The highest BCUT2D eigenvalue weighted by molar-refractivity contribution is 7.88. The number of rotatable bonds is 6. The Balaban J connectivity index is 1.36. The second-order valence-electron chi connectivity index (χ2n) is 11.6. The molecule has 3 fully saturated rings. The van der Waals surface area contributed by atoms with E-state index in [0.717, 1.165) is 37.7 Å². The number of amides is 3. The topological polar surface area (TPSA) is 154 Å². The summed E-state index contributed by atoms with van der Waals surface area (Å²) in [7, 11) is -1.91. The van der Waals surface area contributed by atoms with Crippen molar-refractivity contribution in [2.45, 2.75) is 38.1 Å². The monoisotopic (exact) mass is 621 g/mol. The quantitative estimate of drug-likeness (QED) is 0.444. The second-order valence-corrected chi connectivity index (χ2v) is 13.9. The Morgan fingerprint density at radius 3 is 2.36 bits per heavy atom. The molecule has 2 atom stereocenters. The van der Waals surface area contributed by atoms with Gasteiger partial charge in [-0.2, -0.15) is 0 Å². The van der Waals surface area contributed by atoms with Gasteiger partial charge in [0.05, 0.1) is 25.1 Å². The van der Waals surface area contributed by atoms with E-state index in [1.165, 1.54) is 13.4 Å². The number of aromatic amines is 1. The molecule has 3 aliphatic rings. The van der Waals surface area contributed by atoms with Gasteiger partial charge in [0.2, 0.25) is 10.0 Å². The van der Waals surface area contributed by atoms with Crippen LogP contribution in [-0.2, 0) is 14.8 Å². The summed E-state index contributed by atoms with van der Waals surface area (Å²) in [6.07, 6.45) is 4.75. The molecule has 0 spiro atoms. The summed E-state index contributed by atoms with van der Waals surface area (Å²) in [6.45, 7) is 3.59. The SMILES string of the molecule is COC(=O)Nc1ccc(-c2[nH]c([C@@H]3C[C@H](C4CCN(S(C)(=O)=O)CC4)CN3C(=O)N3CCC(CN)CC3)nc2Cl)cc1. The van der Waals surface area contributed by atoms with Crippen molar-refractivity contribution in [3.8, 4) is 11.3 Å². The Kier molecular flexibility index (Phi) is 9.31. The van der Waals surface area contributed by atoms with Crippen LogP contribution < -0.4 is 11.1 Å². The maximum atomic E-state index is 13.9. The summed E-state index contributed by atoms with van der Waals surface area (Å²) in [5.74, 6) is 1.61. The Hall–Kier alpha value is -2.87. The third kappa shape index (κ3) is 6.69. The minimum atomic E-state index is -3.21. The molecule has 1 aromatic carbocycles. The van der Waals surface area contributed by atoms with Gasteiger partial charge in [0.25, 0.3) is 0 Å². The molecule has 0 radical (unpaired) electrons. The first-order valence-electron chi connectivity index (χ1n) is 14.5. The largest absolute Gasteiger partial charge is 0.453 e. The molecule has 4 heterocycles. The van der Waals surface area contributed by atoms with Crippen LogP contribution >= 0.6 is 11.6 Å². The van der Waals surface area contributed by atoms with Crippen molar-refractivity contribution in [1.29, 1.82) is 0 Å². The highest BCUT2D eigenvalue weighted by atomic mass is 35.5. The summed E-state index contributed by atoms with van der Waals surface area (Å²) in [5, 5.41) is 2.93. The van der Waals surface area contributed by atoms with Crippen molar-refractivity contribution >= 4 is 39.4 Å². The number of piperidine rings is 2. The number of likely N-dealkylation sites (tertiary alicyclic amines) is 2. The van der Waals surface area contributed by atoms with Crippen molar-refractivity contribution in [1.82, 2.24) is 24.1 Å². The number of hydrogen-bond donors (Lipinski definition) is 3. The van der Waals surface area contributed by atoms with E-state index in [2.05, 4.69) is 20.0 Å². The van der Waals surface area contributed by atoms with Crippen LogP contribution in [0.4, 0.5) is 15.3 Å². The average Bonchev–Trinajstić information content (AvgIpc) is 3.61. The van der Waals surface area contributed by atoms with E-state index in [9.17, 15) is 18.0 Å². The van der Waals surface area contributed by atoms with Crippen LogP contribution in [0, 0.1) is 17.8 Å². The number of imidazole rings is 1. The summed E-state index contributed by atoms with van der Waals surface area (Å²) in [4.78, 5) is 37.4. The number of urea groups is 1. The second kappa shape index (κ2) is 12.8. The molecule has 0 unspecified atom stereocenters. The molecule has 0 bridgehead atoms. The first-order chi connectivity index (χ1) is 20.1. The predicted octanol–water partition coefficient (Wildman–Crippen LogP) is 3.73. The van der Waals surface area contributed by atoms with E-state index in [1.807, 2.05) is 21.9 Å². The lowest BCUT2D eigenvalue weighted by molar-refractivity contribution is 0.125. The molecule has 14 heteroatoms. The summed E-state index contributed by atoms with van der Waals surface area (Å²) in [5.41, 5.74) is 7.89. The molecule has 12 nitrogen and oxygen atoms in total. The van der Waals surface area contributed by atoms with Crippen molar-refractivity contribution in [2.75, 3.05) is 58.0 Å². The number of carbonyl (C=O) groups is 2. The summed E-state index contributed by atoms with van der Waals surface area (Å²) < 4.78 is 30.3. The van der Waals surface area contributed by atoms with E-state index >= 15 is 0 Å². The molecule has 2 aromatic rings. The molecular formula is C28H40ClN7O5S. The zero-order chi connectivity index (χ0) is 30.0. The molecular weight excluding hydrogens is 582 g/mol. The molecule has 3 saturated heterocycles. The van der Waals surface area contributed by atoms with Gasteiger partial charge < -0.3 is 25.3 Å². The van der Waals surface area contributed by atoms with Gasteiger partial charge in [-0.15, -0.1) is 0 Å². The van der Waals surface area contributed by atoms with Crippen LogP contribution in [0.5, 0.6) is 0 Å². The van der Waals surface area contributed by atoms with E-state index in [4.69, 9.17) is 17.3 Å². The zero-order valence-corrected chi connectivity index (χ0v) is 25.7. The van der Waals surface area contributed by atoms with Crippen molar-refractivity contribution < 1.29 is 22.7 Å². The normalized spacial score (nSPS) is 22.9. The average molecular weight is 622 g/mol. The van der Waals surface area contributed by atoms with E-state index in [1.54, 1.807) is 16.4 Å². The number of carbonyl (C=O) groups excluding carboxylic acids is 2. The number of sulfonamides is 1. The van der Waals surface area contributed by atoms with Gasteiger partial charge in [-0.1, -0.05) is 23.7 Å². The molecule has 42 heavy (non-hydrogen) atoms. The number of hydrogen-bond acceptors (Lipinski definition) is 7. The van der Waals surface area contributed by atoms with Gasteiger partial charge in [0.1, 0.15) is 5.82 Å². The van der Waals surface area contributed by atoms with Crippen molar-refractivity contribution in [3.05, 3.63) is 35.2 Å². The van der Waals surface area contributed by atoms with Gasteiger partial charge in [0, 0.05) is 44.0 Å². The minimum Gasteiger partial charge on any atom is -0.453 e. The lowest BCUT2D eigenvalue weighted by atomic mass is 9.83. The van der Waals surface area contributed by atoms with Gasteiger partial charge in [-0.3, -0.25) is 5.32 Å². The minimum absolute atomic E-state index is 0.00106. The van der Waals surface area contributed by atoms with Crippen molar-refractivity contribution in [2.24, 2.45) is 23.5 Å². The van der Waals surface area contributed by atoms with Crippen molar-refractivity contribution in [3.63, 3.8) is 0 Å². The fourth-order valence-corrected chi connectivity index (χ4v) is 7.63. The molecule has 1 aromatic heterocycles. The number of nitrogens with two attached hydrogens (primary N) is 1. The van der Waals surface area contributed by atoms with E-state index in [-0.39, 0.29) is 18.0 Å². The lowest BCUT2D eigenvalue weighted by Crippen LogP contribution is -2.47. The molecule has 3 aliphatic heterocycles. The number of halogens is 1. The molecule has 4 N–H and O–H groups in total. The van der Waals surface area contributed by atoms with Gasteiger partial charge >= 0.3 is 12.1 Å². The Bertz CT molecular complexity index is 1370. The van der Waals surface area contributed by atoms with Crippen LogP contribution in [0.2, 0.25) is 5.15 Å². The number of benzene rings is 1. The third-order valence-corrected chi connectivity index (χ3v) is 10.6. The van der Waals surface area contributed by atoms with E-state index in [0.29, 0.717) is 73.5 Å². The summed E-state index contributed by atoms with van der Waals surface area (Å²) >= 11 is 6.64. The highest BCUT2D eigenvalue weighted by Crippen LogP contribution is 2.43. The molecule has 3 amide bonds. The number of methoxy groups -OCH3 is 1. The number of anilines is 1. The molecule has 230 valence electrons. The Labute approximate surface area is 252 Å². The maximum absolute atomic E-state index is 13.9. The fourth-order valence-electron chi connectivity index (χ4n) is 6.51. The van der Waals surface area contributed by atoms with Gasteiger partial charge in [-0.05, 0) is 68.5 Å². The van der Waals surface area contributed by atoms with Gasteiger partial charge in [-0.25, -0.2) is 27.3 Å². The number of nitrogens with zero attached hydrogens (tertiary/aromatic N) is 4. The number of H-pyrrole nitrogens is 1. The van der Waals surface area contributed by atoms with Crippen LogP contribution in [0.3, 0.4) is 0 Å². The third-order valence-electron chi connectivity index (χ3n) is 9.03. The molecule has 0 aliphatic carbocycles. The number of aromatic nitrogens is 2. The van der Waals surface area contributed by atoms with Crippen LogP contribution in [0.1, 0.15) is 44.0 Å². The molecule has 0 saturated carbocycles. The first-order valence-corrected chi connectivity index (χ1v) is 16.7. The van der Waals surface area contributed by atoms with Crippen LogP contribution in [0.15, 0.2) is 24.3 Å². The lowest BCUT2D eigenvalue weighted by Gasteiger charge is -2.36. The van der Waals surface area contributed by atoms with Crippen LogP contribution in [-0.4, -0.2) is 97.2 Å². The zero-order valence-electron chi connectivity index (χ0n) is 24.1. The number of ether oxygens (including phenoxy) is 1. The fraction of sp³-hybridized carbons (Fsp3) is 0.607. The maximum Gasteiger partial charge on any atom is 0.411 e. The Morgan fingerprint density at radius 2 is 1.76 bits per heavy atom. The van der Waals surface area contributed by atoms with E-state index < -0.39 is 16.1 Å². The summed E-state index contributed by atoms with van der Waals surface area (Å²) in [6, 6.07) is 6.86. The van der Waals surface area contributed by atoms with Crippen LogP contribution in [0.25, 0.3) is 11.3 Å². The highest BCUT2D eigenvalue weighted by Gasteiger charge is 2.44. The predicted molar refractivity (Wildman–Crippen MR) is 161 cm³/mol. The Morgan fingerprint density at radius 1 is 1.10 bits per heavy atom.